The monoisotopic (exact) mass is 1140 g/mol. The Hall–Kier alpha value is -2.37. The van der Waals surface area contributed by atoms with E-state index < -0.39 is 6.10 Å². The van der Waals surface area contributed by atoms with Gasteiger partial charge in [-0.15, -0.1) is 0 Å². The molecule has 476 valence electrons. The second kappa shape index (κ2) is 70.1. The molecule has 6 heteroatoms. The van der Waals surface area contributed by atoms with Crippen LogP contribution in [0.3, 0.4) is 0 Å². The fourth-order valence-electron chi connectivity index (χ4n) is 11.1. The molecule has 0 aliphatic heterocycles. The van der Waals surface area contributed by atoms with E-state index in [2.05, 4.69) is 57.2 Å². The first kappa shape index (κ1) is 78.6. The summed E-state index contributed by atoms with van der Waals surface area (Å²) in [5.74, 6) is -0.850. The maximum atomic E-state index is 13.0. The Morgan fingerprint density at radius 2 is 0.444 bits per heavy atom. The Labute approximate surface area is 506 Å². The van der Waals surface area contributed by atoms with Gasteiger partial charge in [0.05, 0.1) is 0 Å². The van der Waals surface area contributed by atoms with Crippen LogP contribution < -0.4 is 0 Å². The van der Waals surface area contributed by atoms with Gasteiger partial charge in [0.1, 0.15) is 13.2 Å². The van der Waals surface area contributed by atoms with Gasteiger partial charge in [-0.3, -0.25) is 14.4 Å². The highest BCUT2D eigenvalue weighted by molar-refractivity contribution is 5.71. The topological polar surface area (TPSA) is 78.9 Å². The highest BCUT2D eigenvalue weighted by Gasteiger charge is 2.19. The standard InChI is InChI=1S/C75H140O6/c1-4-7-10-13-16-19-22-25-28-31-33-35-37-39-40-42-44-47-50-53-56-59-62-65-68-74(77)80-71-72(70-79-73(76)67-64-61-58-55-52-49-46-30-27-24-21-18-15-12-9-6-3)81-75(78)69-66-63-60-57-54-51-48-45-43-41-38-36-34-32-29-26-23-20-17-14-11-8-5-2/h23,26,30,32,34,46,72H,4-22,24-25,27-29,31,33,35-45,47-71H2,1-3H3/b26-23-,34-32-,46-30-. The minimum atomic E-state index is -0.776. The van der Waals surface area contributed by atoms with Crippen molar-refractivity contribution in [3.8, 4) is 0 Å². The van der Waals surface area contributed by atoms with Crippen LogP contribution >= 0.6 is 0 Å². The maximum absolute atomic E-state index is 13.0. The molecule has 0 aromatic rings. The van der Waals surface area contributed by atoms with E-state index in [9.17, 15) is 14.4 Å². The third kappa shape index (κ3) is 68.3. The number of carbonyl (C=O) groups is 3. The maximum Gasteiger partial charge on any atom is 0.306 e. The van der Waals surface area contributed by atoms with E-state index in [4.69, 9.17) is 14.2 Å². The number of rotatable bonds is 68. The van der Waals surface area contributed by atoms with E-state index >= 15 is 0 Å². The van der Waals surface area contributed by atoms with Crippen LogP contribution in [0.15, 0.2) is 36.5 Å². The third-order valence-electron chi connectivity index (χ3n) is 16.6. The Bertz CT molecular complexity index is 1350. The van der Waals surface area contributed by atoms with Gasteiger partial charge in [-0.1, -0.05) is 346 Å². The van der Waals surface area contributed by atoms with Gasteiger partial charge in [0.15, 0.2) is 6.10 Å². The van der Waals surface area contributed by atoms with Crippen LogP contribution in [-0.2, 0) is 28.6 Å². The number of allylic oxidation sites excluding steroid dienone is 6. The predicted octanol–water partition coefficient (Wildman–Crippen LogP) is 25.1. The number of ether oxygens (including phenoxy) is 3. The molecule has 81 heavy (non-hydrogen) atoms. The Balaban J connectivity index is 4.28. The molecule has 6 nitrogen and oxygen atoms in total. The molecule has 0 aromatic heterocycles. The van der Waals surface area contributed by atoms with E-state index in [-0.39, 0.29) is 31.1 Å². The quantitative estimate of drug-likeness (QED) is 0.0261. The van der Waals surface area contributed by atoms with E-state index in [1.54, 1.807) is 0 Å². The van der Waals surface area contributed by atoms with Gasteiger partial charge in [0.25, 0.3) is 0 Å². The Morgan fingerprint density at radius 1 is 0.247 bits per heavy atom. The van der Waals surface area contributed by atoms with Gasteiger partial charge in [-0.25, -0.2) is 0 Å². The Kier molecular flexibility index (Phi) is 68.1. The lowest BCUT2D eigenvalue weighted by Gasteiger charge is -2.18. The first-order chi connectivity index (χ1) is 40.0. The zero-order valence-electron chi connectivity index (χ0n) is 54.8. The molecule has 0 aliphatic carbocycles. The second-order valence-electron chi connectivity index (χ2n) is 24.9. The van der Waals surface area contributed by atoms with Crippen molar-refractivity contribution in [3.05, 3.63) is 36.5 Å². The van der Waals surface area contributed by atoms with Gasteiger partial charge in [0, 0.05) is 19.3 Å². The molecular weight excluding hydrogens is 997 g/mol. The van der Waals surface area contributed by atoms with Crippen molar-refractivity contribution in [2.75, 3.05) is 13.2 Å². The fraction of sp³-hybridized carbons (Fsp3) is 0.880. The summed E-state index contributed by atoms with van der Waals surface area (Å²) in [6, 6.07) is 0. The van der Waals surface area contributed by atoms with Gasteiger partial charge >= 0.3 is 17.9 Å². The molecule has 0 heterocycles. The number of hydrogen-bond donors (Lipinski definition) is 0. The number of hydrogen-bond acceptors (Lipinski definition) is 6. The van der Waals surface area contributed by atoms with Gasteiger partial charge in [-0.2, -0.15) is 0 Å². The average Bonchev–Trinajstić information content (AvgIpc) is 3.47. The van der Waals surface area contributed by atoms with Crippen molar-refractivity contribution in [2.24, 2.45) is 0 Å². The summed E-state index contributed by atoms with van der Waals surface area (Å²) in [7, 11) is 0. The zero-order chi connectivity index (χ0) is 58.5. The van der Waals surface area contributed by atoms with Crippen LogP contribution in [-0.4, -0.2) is 37.2 Å². The molecule has 0 saturated heterocycles. The molecular formula is C75H140O6. The summed E-state index contributed by atoms with van der Waals surface area (Å²) >= 11 is 0. The summed E-state index contributed by atoms with van der Waals surface area (Å²) in [4.78, 5) is 38.5. The molecule has 0 bridgehead atoms. The van der Waals surface area contributed by atoms with Crippen LogP contribution in [0.4, 0.5) is 0 Å². The SMILES string of the molecule is CCCCCCC/C=C\C/C=C\CCCCCCCCCCCCCC(=O)OC(COC(=O)CCCCCCC/C=C\CCCCCCCCC)COC(=O)CCCCCCCCCCCCCCCCCCCCCCCCCC. The molecule has 0 amide bonds. The van der Waals surface area contributed by atoms with E-state index in [1.807, 2.05) is 0 Å². The Morgan fingerprint density at radius 3 is 0.691 bits per heavy atom. The molecule has 1 unspecified atom stereocenters. The number of esters is 3. The predicted molar refractivity (Wildman–Crippen MR) is 353 cm³/mol. The van der Waals surface area contributed by atoms with Crippen molar-refractivity contribution >= 4 is 17.9 Å². The summed E-state index contributed by atoms with van der Waals surface area (Å²) in [5, 5.41) is 0. The van der Waals surface area contributed by atoms with Crippen molar-refractivity contribution in [3.63, 3.8) is 0 Å². The van der Waals surface area contributed by atoms with Gasteiger partial charge < -0.3 is 14.2 Å². The minimum absolute atomic E-state index is 0.0704. The van der Waals surface area contributed by atoms with E-state index in [0.29, 0.717) is 19.3 Å². The first-order valence-corrected chi connectivity index (χ1v) is 36.5. The summed E-state index contributed by atoms with van der Waals surface area (Å²) in [6.45, 7) is 6.70. The molecule has 0 radical (unpaired) electrons. The van der Waals surface area contributed by atoms with Crippen molar-refractivity contribution in [1.82, 2.24) is 0 Å². The summed E-state index contributed by atoms with van der Waals surface area (Å²) in [5.41, 5.74) is 0. The van der Waals surface area contributed by atoms with E-state index in [0.717, 1.165) is 70.6 Å². The number of carbonyl (C=O) groups excluding carboxylic acids is 3. The van der Waals surface area contributed by atoms with Gasteiger partial charge in [-0.05, 0) is 77.0 Å². The zero-order valence-corrected chi connectivity index (χ0v) is 54.8. The molecule has 0 aliphatic rings. The van der Waals surface area contributed by atoms with Crippen molar-refractivity contribution < 1.29 is 28.6 Å². The highest BCUT2D eigenvalue weighted by Crippen LogP contribution is 2.19. The largest absolute Gasteiger partial charge is 0.462 e. The van der Waals surface area contributed by atoms with E-state index in [1.165, 1.54) is 295 Å². The summed E-state index contributed by atoms with van der Waals surface area (Å²) in [6.07, 6.45) is 87.5. The number of unbranched alkanes of at least 4 members (excludes halogenated alkanes) is 51. The van der Waals surface area contributed by atoms with Crippen molar-refractivity contribution in [1.29, 1.82) is 0 Å². The highest BCUT2D eigenvalue weighted by atomic mass is 16.6. The first-order valence-electron chi connectivity index (χ1n) is 36.5. The molecule has 0 fully saturated rings. The van der Waals surface area contributed by atoms with Crippen LogP contribution in [0.1, 0.15) is 406 Å². The molecule has 0 saturated carbocycles. The molecule has 0 spiro atoms. The van der Waals surface area contributed by atoms with Gasteiger partial charge in [0.2, 0.25) is 0 Å². The normalized spacial score (nSPS) is 12.2. The fourth-order valence-corrected chi connectivity index (χ4v) is 11.1. The lowest BCUT2D eigenvalue weighted by molar-refractivity contribution is -0.167. The molecule has 0 N–H and O–H groups in total. The van der Waals surface area contributed by atoms with Crippen LogP contribution in [0.5, 0.6) is 0 Å². The molecule has 1 atom stereocenters. The van der Waals surface area contributed by atoms with Crippen LogP contribution in [0, 0.1) is 0 Å². The lowest BCUT2D eigenvalue weighted by atomic mass is 10.0. The molecule has 0 rings (SSSR count). The smallest absolute Gasteiger partial charge is 0.306 e. The summed E-state index contributed by atoms with van der Waals surface area (Å²) < 4.78 is 17.0. The van der Waals surface area contributed by atoms with Crippen molar-refractivity contribution in [2.45, 2.75) is 412 Å². The van der Waals surface area contributed by atoms with Crippen LogP contribution in [0.25, 0.3) is 0 Å². The second-order valence-corrected chi connectivity index (χ2v) is 24.9. The molecule has 0 aromatic carbocycles. The third-order valence-corrected chi connectivity index (χ3v) is 16.6. The van der Waals surface area contributed by atoms with Crippen LogP contribution in [0.2, 0.25) is 0 Å². The minimum Gasteiger partial charge on any atom is -0.462 e. The average molecular weight is 1140 g/mol. The lowest BCUT2D eigenvalue weighted by Crippen LogP contribution is -2.30.